The lowest BCUT2D eigenvalue weighted by molar-refractivity contribution is -1.10. The number of hydroxylamine groups is 3. The molecule has 0 heterocycles. The van der Waals surface area contributed by atoms with E-state index in [0.717, 1.165) is 0 Å². The second-order valence-corrected chi connectivity index (χ2v) is 7.14. The third-order valence-electron chi connectivity index (χ3n) is 3.80. The minimum atomic E-state index is -4.01. The summed E-state index contributed by atoms with van der Waals surface area (Å²) >= 11 is 0. The number of hydrogen-bond acceptors (Lipinski definition) is 6. The molecular formula is C15H31NO7S. The molecule has 0 aliphatic heterocycles. The largest absolute Gasteiger partial charge is 0.870 e. The second kappa shape index (κ2) is 11.5. The maximum atomic E-state index is 11.3. The Kier molecular flexibility index (Phi) is 12.1. The molecule has 0 aliphatic rings. The zero-order valence-electron chi connectivity index (χ0n) is 15.0. The molecule has 0 bridgehead atoms. The molecule has 144 valence electrons. The van der Waals surface area contributed by atoms with Crippen molar-refractivity contribution in [1.82, 2.24) is 0 Å². The summed E-state index contributed by atoms with van der Waals surface area (Å²) in [5.41, 5.74) is 0.330. The van der Waals surface area contributed by atoms with Gasteiger partial charge in [0, 0.05) is 11.5 Å². The zero-order valence-corrected chi connectivity index (χ0v) is 15.8. The van der Waals surface area contributed by atoms with Gasteiger partial charge in [-0.3, -0.25) is 4.55 Å². The molecule has 0 radical (unpaired) electrons. The number of ether oxygens (including phenoxy) is 1. The minimum absolute atomic E-state index is 0. The van der Waals surface area contributed by atoms with E-state index in [1.54, 1.807) is 6.92 Å². The highest BCUT2D eigenvalue weighted by molar-refractivity contribution is 7.85. The number of carbonyl (C=O) groups is 1. The summed E-state index contributed by atoms with van der Waals surface area (Å²) in [7, 11) is -4.01. The lowest BCUT2D eigenvalue weighted by Crippen LogP contribution is -2.51. The molecule has 0 amide bonds. The Morgan fingerprint density at radius 2 is 1.75 bits per heavy atom. The number of nitrogens with zero attached hydrogens (tertiary/aromatic N) is 1. The lowest BCUT2D eigenvalue weighted by Gasteiger charge is -2.36. The van der Waals surface area contributed by atoms with E-state index in [9.17, 15) is 13.2 Å². The van der Waals surface area contributed by atoms with Crippen LogP contribution in [0.3, 0.4) is 0 Å². The quantitative estimate of drug-likeness (QED) is 0.139. The molecule has 0 rings (SSSR count). The molecular weight excluding hydrogens is 338 g/mol. The van der Waals surface area contributed by atoms with Crippen LogP contribution >= 0.6 is 0 Å². The Labute approximate surface area is 145 Å². The Bertz CT molecular complexity index is 486. The van der Waals surface area contributed by atoms with E-state index in [0.29, 0.717) is 31.6 Å². The first kappa shape index (κ1) is 25.2. The first-order valence-corrected chi connectivity index (χ1v) is 9.48. The van der Waals surface area contributed by atoms with Crippen LogP contribution in [0.25, 0.3) is 0 Å². The number of quaternary nitrogens is 1. The van der Waals surface area contributed by atoms with Crippen LogP contribution in [0.4, 0.5) is 0 Å². The van der Waals surface area contributed by atoms with Crippen molar-refractivity contribution in [3.05, 3.63) is 12.2 Å². The summed E-state index contributed by atoms with van der Waals surface area (Å²) in [6, 6.07) is 0. The van der Waals surface area contributed by atoms with Crippen molar-refractivity contribution < 1.29 is 37.5 Å². The average Bonchev–Trinajstić information content (AvgIpc) is 2.47. The zero-order chi connectivity index (χ0) is 18.1. The van der Waals surface area contributed by atoms with Gasteiger partial charge in [0.2, 0.25) is 0 Å². The van der Waals surface area contributed by atoms with E-state index >= 15 is 0 Å². The maximum absolute atomic E-state index is 11.3. The summed E-state index contributed by atoms with van der Waals surface area (Å²) in [5.74, 6) is -0.947. The monoisotopic (exact) mass is 369 g/mol. The van der Waals surface area contributed by atoms with Crippen LogP contribution in [0.2, 0.25) is 0 Å². The van der Waals surface area contributed by atoms with Crippen LogP contribution in [-0.4, -0.2) is 67.7 Å². The van der Waals surface area contributed by atoms with Crippen LogP contribution in [-0.2, 0) is 24.5 Å². The first-order chi connectivity index (χ1) is 10.6. The van der Waals surface area contributed by atoms with Crippen LogP contribution in [0.5, 0.6) is 0 Å². The standard InChI is InChI=1S/C15H29NO6S.H2O/c1-6-14(12-23(18,19)20)11-16(7-2,8-3)22-10-9-21-15(17)13(4)5;/h14H,4,6-12H2,1-3,5H3;1H2. The molecule has 0 spiro atoms. The second-order valence-electron chi connectivity index (χ2n) is 5.65. The van der Waals surface area contributed by atoms with Crippen LogP contribution in [0.1, 0.15) is 34.1 Å². The minimum Gasteiger partial charge on any atom is -0.870 e. The van der Waals surface area contributed by atoms with Crippen molar-refractivity contribution in [2.24, 2.45) is 5.92 Å². The van der Waals surface area contributed by atoms with E-state index in [2.05, 4.69) is 6.58 Å². The fourth-order valence-corrected chi connectivity index (χ4v) is 3.21. The summed E-state index contributed by atoms with van der Waals surface area (Å²) in [5, 5.41) is 0. The SMILES string of the molecule is C=C(C)C(=O)OCCO[N+](CC)(CC)CC(CC)CS(=O)(=O)O.[OH-]. The summed E-state index contributed by atoms with van der Waals surface area (Å²) in [4.78, 5) is 17.2. The van der Waals surface area contributed by atoms with Gasteiger partial charge in [-0.25, -0.2) is 4.79 Å². The molecule has 0 aromatic rings. The van der Waals surface area contributed by atoms with E-state index in [1.807, 2.05) is 20.8 Å². The molecule has 0 saturated carbocycles. The topological polar surface area (TPSA) is 120 Å². The third-order valence-corrected chi connectivity index (χ3v) is 4.69. The fraction of sp³-hybridized carbons (Fsp3) is 0.800. The normalized spacial score (nSPS) is 13.0. The van der Waals surface area contributed by atoms with Gasteiger partial charge in [-0.05, 0) is 27.2 Å². The predicted molar refractivity (Wildman–Crippen MR) is 90.1 cm³/mol. The van der Waals surface area contributed by atoms with Crippen LogP contribution in [0.15, 0.2) is 12.2 Å². The van der Waals surface area contributed by atoms with Crippen molar-refractivity contribution in [3.8, 4) is 0 Å². The predicted octanol–water partition coefficient (Wildman–Crippen LogP) is 1.63. The van der Waals surface area contributed by atoms with Crippen molar-refractivity contribution in [2.75, 3.05) is 38.6 Å². The Balaban J connectivity index is 0. The third kappa shape index (κ3) is 9.99. The van der Waals surface area contributed by atoms with Crippen molar-refractivity contribution >= 4 is 16.1 Å². The highest BCUT2D eigenvalue weighted by Gasteiger charge is 2.31. The van der Waals surface area contributed by atoms with Gasteiger partial charge in [0.25, 0.3) is 10.1 Å². The number of carbonyl (C=O) groups excluding carboxylic acids is 1. The summed E-state index contributed by atoms with van der Waals surface area (Å²) in [6.07, 6.45) is 0.619. The van der Waals surface area contributed by atoms with Gasteiger partial charge >= 0.3 is 5.97 Å². The molecule has 0 aliphatic carbocycles. The maximum Gasteiger partial charge on any atom is 0.333 e. The Morgan fingerprint density at radius 3 is 2.12 bits per heavy atom. The number of hydrogen-bond donors (Lipinski definition) is 1. The molecule has 0 aromatic carbocycles. The molecule has 0 aromatic heterocycles. The molecule has 1 atom stereocenters. The molecule has 2 N–H and O–H groups in total. The Hall–Kier alpha value is -1.00. The fourth-order valence-electron chi connectivity index (χ4n) is 2.27. The van der Waals surface area contributed by atoms with Gasteiger partial charge in [-0.15, -0.1) is 0 Å². The Morgan fingerprint density at radius 1 is 1.21 bits per heavy atom. The molecule has 24 heavy (non-hydrogen) atoms. The lowest BCUT2D eigenvalue weighted by atomic mass is 10.1. The van der Waals surface area contributed by atoms with Crippen LogP contribution < -0.4 is 0 Å². The highest BCUT2D eigenvalue weighted by Crippen LogP contribution is 2.17. The van der Waals surface area contributed by atoms with E-state index in [1.165, 1.54) is 0 Å². The van der Waals surface area contributed by atoms with Gasteiger partial charge in [0.05, 0.1) is 5.75 Å². The molecule has 8 nitrogen and oxygen atoms in total. The van der Waals surface area contributed by atoms with E-state index < -0.39 is 16.1 Å². The first-order valence-electron chi connectivity index (χ1n) is 7.87. The molecule has 0 saturated heterocycles. The van der Waals surface area contributed by atoms with Crippen molar-refractivity contribution in [1.29, 1.82) is 0 Å². The number of esters is 1. The van der Waals surface area contributed by atoms with Gasteiger partial charge in [0.15, 0.2) is 0 Å². The van der Waals surface area contributed by atoms with Crippen molar-refractivity contribution in [2.45, 2.75) is 34.1 Å². The highest BCUT2D eigenvalue weighted by atomic mass is 32.2. The van der Waals surface area contributed by atoms with Crippen molar-refractivity contribution in [3.63, 3.8) is 0 Å². The van der Waals surface area contributed by atoms with E-state index in [-0.39, 0.29) is 35.0 Å². The van der Waals surface area contributed by atoms with Gasteiger partial charge in [-0.2, -0.15) is 17.9 Å². The van der Waals surface area contributed by atoms with E-state index in [4.69, 9.17) is 14.1 Å². The summed E-state index contributed by atoms with van der Waals surface area (Å²) < 4.78 is 36.5. The van der Waals surface area contributed by atoms with Crippen LogP contribution in [0, 0.1) is 5.92 Å². The summed E-state index contributed by atoms with van der Waals surface area (Å²) in [6.45, 7) is 12.9. The molecule has 0 fully saturated rings. The molecule has 9 heteroatoms. The van der Waals surface area contributed by atoms with Gasteiger partial charge in [0.1, 0.15) is 32.8 Å². The smallest absolute Gasteiger partial charge is 0.333 e. The van der Waals surface area contributed by atoms with Gasteiger partial charge in [-0.1, -0.05) is 13.5 Å². The molecule has 1 unspecified atom stereocenters. The average molecular weight is 369 g/mol. The number of rotatable bonds is 12. The van der Waals surface area contributed by atoms with Gasteiger partial charge < -0.3 is 10.2 Å².